The van der Waals surface area contributed by atoms with Crippen LogP contribution in [0.3, 0.4) is 0 Å². The lowest BCUT2D eigenvalue weighted by atomic mass is 10.1. The summed E-state index contributed by atoms with van der Waals surface area (Å²) < 4.78 is 0. The minimum atomic E-state index is -1.03. The first-order valence-corrected chi connectivity index (χ1v) is 5.01. The average Bonchev–Trinajstić information content (AvgIpc) is 2.25. The van der Waals surface area contributed by atoms with Gasteiger partial charge in [0.15, 0.2) is 0 Å². The summed E-state index contributed by atoms with van der Waals surface area (Å²) in [7, 11) is 0. The van der Waals surface area contributed by atoms with Gasteiger partial charge in [-0.05, 0) is 25.5 Å². The molecule has 1 heterocycles. The van der Waals surface area contributed by atoms with Gasteiger partial charge in [-0.3, -0.25) is 9.78 Å². The smallest absolute Gasteiger partial charge is 0.326 e. The van der Waals surface area contributed by atoms with Crippen molar-refractivity contribution in [2.75, 3.05) is 0 Å². The van der Waals surface area contributed by atoms with Crippen molar-refractivity contribution in [1.82, 2.24) is 10.3 Å². The van der Waals surface area contributed by atoms with Crippen LogP contribution in [0.1, 0.15) is 29.4 Å². The fourth-order valence-corrected chi connectivity index (χ4v) is 1.30. The Labute approximate surface area is 93.5 Å². The summed E-state index contributed by atoms with van der Waals surface area (Å²) in [6.45, 7) is 3.41. The molecular formula is C11H14N2O3. The number of aromatic nitrogens is 1. The molecule has 0 radical (unpaired) electrons. The van der Waals surface area contributed by atoms with Crippen LogP contribution < -0.4 is 5.32 Å². The van der Waals surface area contributed by atoms with Crippen molar-refractivity contribution in [3.8, 4) is 0 Å². The van der Waals surface area contributed by atoms with E-state index in [4.69, 9.17) is 5.11 Å². The molecule has 0 aliphatic rings. The first kappa shape index (κ1) is 12.2. The number of carboxylic acid groups (broad SMARTS) is 1. The minimum Gasteiger partial charge on any atom is -0.480 e. The fourth-order valence-electron chi connectivity index (χ4n) is 1.30. The molecule has 0 aromatic carbocycles. The van der Waals surface area contributed by atoms with Crippen molar-refractivity contribution >= 4 is 11.9 Å². The Hall–Kier alpha value is -1.91. The van der Waals surface area contributed by atoms with E-state index in [-0.39, 0.29) is 0 Å². The van der Waals surface area contributed by atoms with Gasteiger partial charge in [-0.25, -0.2) is 4.79 Å². The molecule has 5 heteroatoms. The number of rotatable bonds is 4. The zero-order valence-corrected chi connectivity index (χ0v) is 9.23. The number of pyridine rings is 1. The molecule has 0 bridgehead atoms. The number of nitrogens with one attached hydrogen (secondary N) is 1. The lowest BCUT2D eigenvalue weighted by molar-refractivity contribution is -0.139. The van der Waals surface area contributed by atoms with Crippen LogP contribution in [0.5, 0.6) is 0 Å². The minimum absolute atomic E-state index is 0.348. The van der Waals surface area contributed by atoms with Gasteiger partial charge in [0.25, 0.3) is 5.91 Å². The van der Waals surface area contributed by atoms with Gasteiger partial charge in [0.05, 0.1) is 5.56 Å². The number of carboxylic acids is 1. The molecule has 0 spiro atoms. The summed E-state index contributed by atoms with van der Waals surface area (Å²) >= 11 is 0. The molecule has 1 rings (SSSR count). The number of hydrogen-bond acceptors (Lipinski definition) is 3. The summed E-state index contributed by atoms with van der Waals surface area (Å²) in [5.74, 6) is -1.43. The summed E-state index contributed by atoms with van der Waals surface area (Å²) in [6, 6.07) is 2.41. The van der Waals surface area contributed by atoms with E-state index in [1.807, 2.05) is 0 Å². The van der Waals surface area contributed by atoms with Crippen LogP contribution in [-0.4, -0.2) is 28.0 Å². The summed E-state index contributed by atoms with van der Waals surface area (Å²) in [5, 5.41) is 11.3. The highest BCUT2D eigenvalue weighted by Gasteiger charge is 2.19. The summed E-state index contributed by atoms with van der Waals surface area (Å²) in [4.78, 5) is 26.4. The number of aliphatic carboxylic acids is 1. The second-order valence-electron chi connectivity index (χ2n) is 3.41. The van der Waals surface area contributed by atoms with Gasteiger partial charge < -0.3 is 10.4 Å². The van der Waals surface area contributed by atoms with E-state index in [9.17, 15) is 9.59 Å². The van der Waals surface area contributed by atoms with E-state index < -0.39 is 17.9 Å². The quantitative estimate of drug-likeness (QED) is 0.796. The van der Waals surface area contributed by atoms with Crippen molar-refractivity contribution in [3.05, 3.63) is 29.6 Å². The Morgan fingerprint density at radius 1 is 1.56 bits per heavy atom. The normalized spacial score (nSPS) is 11.9. The van der Waals surface area contributed by atoms with E-state index in [2.05, 4.69) is 10.3 Å². The Kier molecular flexibility index (Phi) is 3.99. The van der Waals surface area contributed by atoms with Crippen LogP contribution in [0, 0.1) is 6.92 Å². The fraction of sp³-hybridized carbons (Fsp3) is 0.364. The summed E-state index contributed by atoms with van der Waals surface area (Å²) in [6.07, 6.45) is 1.93. The van der Waals surface area contributed by atoms with Crippen molar-refractivity contribution in [3.63, 3.8) is 0 Å². The van der Waals surface area contributed by atoms with Gasteiger partial charge in [-0.15, -0.1) is 0 Å². The molecule has 0 aliphatic heterocycles. The number of amides is 1. The molecule has 0 saturated heterocycles. The zero-order valence-electron chi connectivity index (χ0n) is 9.23. The van der Waals surface area contributed by atoms with Crippen molar-refractivity contribution in [1.29, 1.82) is 0 Å². The highest BCUT2D eigenvalue weighted by molar-refractivity contribution is 5.97. The molecule has 0 saturated carbocycles. The Balaban J connectivity index is 2.80. The number of nitrogens with zero attached hydrogens (tertiary/aromatic N) is 1. The van der Waals surface area contributed by atoms with Crippen LogP contribution in [0.4, 0.5) is 0 Å². The Morgan fingerprint density at radius 2 is 2.25 bits per heavy atom. The molecule has 2 N–H and O–H groups in total. The predicted molar refractivity (Wildman–Crippen MR) is 58.2 cm³/mol. The zero-order chi connectivity index (χ0) is 12.1. The highest BCUT2D eigenvalue weighted by Crippen LogP contribution is 2.04. The molecule has 1 aromatic heterocycles. The highest BCUT2D eigenvalue weighted by atomic mass is 16.4. The van der Waals surface area contributed by atoms with Gasteiger partial charge in [-0.1, -0.05) is 6.92 Å². The third kappa shape index (κ3) is 2.79. The molecule has 16 heavy (non-hydrogen) atoms. The van der Waals surface area contributed by atoms with Gasteiger partial charge >= 0.3 is 5.97 Å². The topological polar surface area (TPSA) is 79.3 Å². The van der Waals surface area contributed by atoms with Crippen LogP contribution in [0.25, 0.3) is 0 Å². The van der Waals surface area contributed by atoms with Crippen LogP contribution in [0.15, 0.2) is 18.3 Å². The number of carbonyl (C=O) groups excluding carboxylic acids is 1. The molecule has 1 aromatic rings. The molecule has 86 valence electrons. The number of carbonyl (C=O) groups is 2. The number of aryl methyl sites for hydroxylation is 1. The molecular weight excluding hydrogens is 208 g/mol. The van der Waals surface area contributed by atoms with E-state index in [0.29, 0.717) is 17.7 Å². The van der Waals surface area contributed by atoms with Crippen LogP contribution in [-0.2, 0) is 4.79 Å². The van der Waals surface area contributed by atoms with Gasteiger partial charge in [-0.2, -0.15) is 0 Å². The lowest BCUT2D eigenvalue weighted by Gasteiger charge is -2.12. The van der Waals surface area contributed by atoms with Gasteiger partial charge in [0.1, 0.15) is 6.04 Å². The van der Waals surface area contributed by atoms with Gasteiger partial charge in [0.2, 0.25) is 0 Å². The van der Waals surface area contributed by atoms with Crippen LogP contribution >= 0.6 is 0 Å². The number of hydrogen-bond donors (Lipinski definition) is 2. The molecule has 5 nitrogen and oxygen atoms in total. The average molecular weight is 222 g/mol. The van der Waals surface area contributed by atoms with E-state index >= 15 is 0 Å². The van der Waals surface area contributed by atoms with Crippen molar-refractivity contribution < 1.29 is 14.7 Å². The van der Waals surface area contributed by atoms with E-state index in [0.717, 1.165) is 0 Å². The second kappa shape index (κ2) is 5.25. The maximum Gasteiger partial charge on any atom is 0.326 e. The molecule has 0 fully saturated rings. The second-order valence-corrected chi connectivity index (χ2v) is 3.41. The maximum absolute atomic E-state index is 11.7. The van der Waals surface area contributed by atoms with E-state index in [1.165, 1.54) is 0 Å². The molecule has 1 amide bonds. The molecule has 0 aliphatic carbocycles. The standard InChI is InChI=1S/C11H14N2O3/c1-3-9(11(15)16)13-10(14)8-5-4-6-12-7(8)2/h4-6,9H,3H2,1-2H3,(H,13,14)(H,15,16)/t9-/m0/s1. The molecule has 1 atom stereocenters. The SMILES string of the molecule is CC[C@H](NC(=O)c1cccnc1C)C(=O)O. The Bertz CT molecular complexity index is 404. The molecule has 0 unspecified atom stereocenters. The monoisotopic (exact) mass is 222 g/mol. The third-order valence-corrected chi connectivity index (χ3v) is 2.26. The van der Waals surface area contributed by atoms with Crippen LogP contribution in [0.2, 0.25) is 0 Å². The van der Waals surface area contributed by atoms with Crippen molar-refractivity contribution in [2.24, 2.45) is 0 Å². The lowest BCUT2D eigenvalue weighted by Crippen LogP contribution is -2.40. The third-order valence-electron chi connectivity index (χ3n) is 2.26. The van der Waals surface area contributed by atoms with Crippen molar-refractivity contribution in [2.45, 2.75) is 26.3 Å². The first-order valence-electron chi connectivity index (χ1n) is 5.01. The maximum atomic E-state index is 11.7. The van der Waals surface area contributed by atoms with Gasteiger partial charge in [0, 0.05) is 11.9 Å². The summed E-state index contributed by atoms with van der Waals surface area (Å²) in [5.41, 5.74) is 0.988. The Morgan fingerprint density at radius 3 is 2.75 bits per heavy atom. The largest absolute Gasteiger partial charge is 0.480 e. The van der Waals surface area contributed by atoms with E-state index in [1.54, 1.807) is 32.2 Å². The first-order chi connectivity index (χ1) is 7.56. The predicted octanol–water partition coefficient (Wildman–Crippen LogP) is 0.983.